The summed E-state index contributed by atoms with van der Waals surface area (Å²) in [6.45, 7) is 1.51. The van der Waals surface area contributed by atoms with Gasteiger partial charge in [-0.2, -0.15) is 0 Å². The van der Waals surface area contributed by atoms with Crippen molar-refractivity contribution in [2.24, 2.45) is 10.3 Å². The Morgan fingerprint density at radius 2 is 1.87 bits per heavy atom. The Balaban J connectivity index is 3.80. The van der Waals surface area contributed by atoms with Crippen LogP contribution in [0.4, 0.5) is 4.79 Å². The van der Waals surface area contributed by atoms with Gasteiger partial charge in [-0.1, -0.05) is 10.3 Å². The SMILES string of the molecule is COC(=O)SCCSC(=N\O)/C(C)=N/O. The first kappa shape index (κ1) is 14.1. The summed E-state index contributed by atoms with van der Waals surface area (Å²) >= 11 is 2.21. The molecule has 8 heteroatoms. The van der Waals surface area contributed by atoms with Gasteiger partial charge in [-0.3, -0.25) is 0 Å². The molecule has 0 atom stereocenters. The van der Waals surface area contributed by atoms with E-state index < -0.39 is 0 Å². The van der Waals surface area contributed by atoms with Crippen molar-refractivity contribution in [2.75, 3.05) is 18.6 Å². The van der Waals surface area contributed by atoms with Gasteiger partial charge in [-0.25, -0.2) is 4.79 Å². The minimum Gasteiger partial charge on any atom is -0.461 e. The highest BCUT2D eigenvalue weighted by Gasteiger charge is 2.07. The molecule has 0 amide bonds. The molecule has 0 aromatic carbocycles. The van der Waals surface area contributed by atoms with Gasteiger partial charge >= 0.3 is 5.30 Å². The molecule has 0 spiro atoms. The number of oxime groups is 2. The van der Waals surface area contributed by atoms with Gasteiger partial charge in [0.2, 0.25) is 0 Å². The zero-order valence-corrected chi connectivity index (χ0v) is 9.97. The van der Waals surface area contributed by atoms with Crippen molar-refractivity contribution < 1.29 is 19.9 Å². The maximum atomic E-state index is 10.7. The van der Waals surface area contributed by atoms with Crippen LogP contribution < -0.4 is 0 Å². The Kier molecular flexibility index (Phi) is 7.92. The predicted molar refractivity (Wildman–Crippen MR) is 61.4 cm³/mol. The fraction of sp³-hybridized carbons (Fsp3) is 0.571. The molecular weight excluding hydrogens is 240 g/mol. The quantitative estimate of drug-likeness (QED) is 0.198. The van der Waals surface area contributed by atoms with Gasteiger partial charge in [0.25, 0.3) is 0 Å². The largest absolute Gasteiger partial charge is 0.461 e. The number of rotatable bonds is 4. The van der Waals surface area contributed by atoms with E-state index in [1.165, 1.54) is 25.8 Å². The van der Waals surface area contributed by atoms with Crippen LogP contribution in [0.3, 0.4) is 0 Å². The van der Waals surface area contributed by atoms with E-state index in [-0.39, 0.29) is 16.1 Å². The Morgan fingerprint density at radius 1 is 1.27 bits per heavy atom. The van der Waals surface area contributed by atoms with E-state index in [0.29, 0.717) is 11.5 Å². The van der Waals surface area contributed by atoms with Crippen molar-refractivity contribution in [1.29, 1.82) is 0 Å². The number of thioether (sulfide) groups is 2. The Hall–Kier alpha value is -0.890. The van der Waals surface area contributed by atoms with E-state index in [1.54, 1.807) is 0 Å². The van der Waals surface area contributed by atoms with Gasteiger partial charge in [-0.05, 0) is 18.7 Å². The smallest absolute Gasteiger partial charge is 0.367 e. The molecule has 0 aliphatic carbocycles. The molecule has 0 heterocycles. The topological polar surface area (TPSA) is 91.5 Å². The van der Waals surface area contributed by atoms with E-state index in [9.17, 15) is 4.79 Å². The lowest BCUT2D eigenvalue weighted by Gasteiger charge is -2.01. The molecule has 0 fully saturated rings. The number of methoxy groups -OCH3 is 1. The van der Waals surface area contributed by atoms with Crippen molar-refractivity contribution in [1.82, 2.24) is 0 Å². The second-order valence-corrected chi connectivity index (χ2v) is 4.36. The van der Waals surface area contributed by atoms with Crippen molar-refractivity contribution in [3.63, 3.8) is 0 Å². The number of hydrogen-bond acceptors (Lipinski definition) is 8. The number of carbonyl (C=O) groups excluding carboxylic acids is 1. The molecule has 15 heavy (non-hydrogen) atoms. The molecule has 0 bridgehead atoms. The molecule has 6 nitrogen and oxygen atoms in total. The Morgan fingerprint density at radius 3 is 2.33 bits per heavy atom. The van der Waals surface area contributed by atoms with Crippen LogP contribution in [0.2, 0.25) is 0 Å². The molecule has 0 radical (unpaired) electrons. The molecule has 0 aliphatic rings. The predicted octanol–water partition coefficient (Wildman–Crippen LogP) is 1.86. The number of carbonyl (C=O) groups is 1. The van der Waals surface area contributed by atoms with Gasteiger partial charge in [0.15, 0.2) is 5.04 Å². The molecule has 0 rings (SSSR count). The van der Waals surface area contributed by atoms with Crippen LogP contribution in [-0.4, -0.2) is 45.1 Å². The van der Waals surface area contributed by atoms with Crippen LogP contribution in [0.15, 0.2) is 10.3 Å². The normalized spacial score (nSPS) is 12.7. The molecule has 0 unspecified atom stereocenters. The summed E-state index contributed by atoms with van der Waals surface area (Å²) in [5, 5.41) is 22.7. The van der Waals surface area contributed by atoms with E-state index in [4.69, 9.17) is 10.4 Å². The van der Waals surface area contributed by atoms with E-state index >= 15 is 0 Å². The number of nitrogens with zero attached hydrogens (tertiary/aromatic N) is 2. The van der Waals surface area contributed by atoms with Crippen LogP contribution in [0.5, 0.6) is 0 Å². The Labute approximate surface area is 95.7 Å². The molecule has 0 aromatic heterocycles. The van der Waals surface area contributed by atoms with E-state index in [1.807, 2.05) is 0 Å². The van der Waals surface area contributed by atoms with Gasteiger partial charge in [0.05, 0.1) is 7.11 Å². The lowest BCUT2D eigenvalue weighted by atomic mass is 10.5. The van der Waals surface area contributed by atoms with Crippen molar-refractivity contribution in [2.45, 2.75) is 6.92 Å². The van der Waals surface area contributed by atoms with Gasteiger partial charge in [0, 0.05) is 11.5 Å². The van der Waals surface area contributed by atoms with Crippen LogP contribution in [0.1, 0.15) is 6.92 Å². The third kappa shape index (κ3) is 6.24. The highest BCUT2D eigenvalue weighted by molar-refractivity contribution is 8.18. The average Bonchev–Trinajstić information content (AvgIpc) is 2.27. The fourth-order valence-electron chi connectivity index (χ4n) is 0.571. The summed E-state index contributed by atoms with van der Waals surface area (Å²) in [6.07, 6.45) is 0. The summed E-state index contributed by atoms with van der Waals surface area (Å²) in [5.41, 5.74) is 0.227. The van der Waals surface area contributed by atoms with Crippen LogP contribution in [-0.2, 0) is 4.74 Å². The highest BCUT2D eigenvalue weighted by atomic mass is 32.2. The van der Waals surface area contributed by atoms with Gasteiger partial charge in [0.1, 0.15) is 5.71 Å². The molecule has 86 valence electrons. The molecule has 0 saturated carbocycles. The third-order valence-corrected chi connectivity index (χ3v) is 3.39. The molecule has 0 aromatic rings. The maximum Gasteiger partial charge on any atom is 0.367 e. The average molecular weight is 252 g/mol. The van der Waals surface area contributed by atoms with Crippen LogP contribution in [0, 0.1) is 0 Å². The number of ether oxygens (including phenoxy) is 1. The highest BCUT2D eigenvalue weighted by Crippen LogP contribution is 2.11. The van der Waals surface area contributed by atoms with Gasteiger partial charge < -0.3 is 15.2 Å². The first-order valence-electron chi connectivity index (χ1n) is 3.90. The molecule has 0 saturated heterocycles. The van der Waals surface area contributed by atoms with Crippen molar-refractivity contribution in [3.05, 3.63) is 0 Å². The summed E-state index contributed by atoms with van der Waals surface area (Å²) < 4.78 is 4.42. The monoisotopic (exact) mass is 252 g/mol. The second-order valence-electron chi connectivity index (χ2n) is 2.24. The molecule has 2 N–H and O–H groups in total. The number of hydrogen-bond donors (Lipinski definition) is 2. The second kappa shape index (κ2) is 8.42. The first-order chi connectivity index (χ1) is 7.15. The summed E-state index contributed by atoms with van der Waals surface area (Å²) in [5.74, 6) is 1.07. The summed E-state index contributed by atoms with van der Waals surface area (Å²) in [6, 6.07) is 0. The minimum atomic E-state index is -0.356. The summed E-state index contributed by atoms with van der Waals surface area (Å²) in [4.78, 5) is 10.7. The fourth-order valence-corrected chi connectivity index (χ4v) is 2.02. The maximum absolute atomic E-state index is 10.7. The lowest BCUT2D eigenvalue weighted by Crippen LogP contribution is -2.08. The van der Waals surface area contributed by atoms with Crippen molar-refractivity contribution in [3.8, 4) is 0 Å². The minimum absolute atomic E-state index is 0.225. The van der Waals surface area contributed by atoms with Gasteiger partial charge in [-0.15, -0.1) is 11.8 Å². The zero-order chi connectivity index (χ0) is 11.7. The first-order valence-corrected chi connectivity index (χ1v) is 5.87. The standard InChI is InChI=1S/C7H12N2O4S2/c1-5(8-11)6(9-12)14-3-4-15-7(10)13-2/h11-12H,3-4H2,1-2H3/b8-5+,9-6-. The lowest BCUT2D eigenvalue weighted by molar-refractivity contribution is 0.200. The Bertz CT molecular complexity index is 268. The van der Waals surface area contributed by atoms with E-state index in [2.05, 4.69) is 15.0 Å². The third-order valence-electron chi connectivity index (χ3n) is 1.26. The summed E-state index contributed by atoms with van der Waals surface area (Å²) in [7, 11) is 1.31. The zero-order valence-electron chi connectivity index (χ0n) is 8.34. The van der Waals surface area contributed by atoms with Crippen LogP contribution in [0.25, 0.3) is 0 Å². The molecular formula is C7H12N2O4S2. The van der Waals surface area contributed by atoms with Crippen molar-refractivity contribution >= 4 is 39.6 Å². The molecule has 0 aliphatic heterocycles. The van der Waals surface area contributed by atoms with E-state index in [0.717, 1.165) is 11.8 Å². The van der Waals surface area contributed by atoms with Crippen LogP contribution >= 0.6 is 23.5 Å².